The van der Waals surface area contributed by atoms with Crippen molar-refractivity contribution < 1.29 is 13.9 Å². The zero-order chi connectivity index (χ0) is 15.4. The predicted octanol–water partition coefficient (Wildman–Crippen LogP) is 4.19. The second-order valence-corrected chi connectivity index (χ2v) is 5.07. The third-order valence-corrected chi connectivity index (χ3v) is 3.30. The van der Waals surface area contributed by atoms with Crippen molar-refractivity contribution in [3.05, 3.63) is 63.9 Å². The molecule has 0 radical (unpaired) electrons. The molecule has 0 unspecified atom stereocenters. The van der Waals surface area contributed by atoms with E-state index in [0.29, 0.717) is 21.8 Å². The Kier molecular flexibility index (Phi) is 4.81. The van der Waals surface area contributed by atoms with Crippen molar-refractivity contribution in [1.29, 1.82) is 0 Å². The van der Waals surface area contributed by atoms with Gasteiger partial charge in [0.1, 0.15) is 5.82 Å². The molecule has 0 heterocycles. The molecule has 0 bridgehead atoms. The summed E-state index contributed by atoms with van der Waals surface area (Å²) in [5, 5.41) is 3.40. The van der Waals surface area contributed by atoms with Crippen LogP contribution < -0.4 is 5.32 Å². The largest absolute Gasteiger partial charge is 0.465 e. The summed E-state index contributed by atoms with van der Waals surface area (Å²) >= 11 is 5.72. The van der Waals surface area contributed by atoms with Gasteiger partial charge < -0.3 is 10.1 Å². The lowest BCUT2D eigenvalue weighted by molar-refractivity contribution is 0.0601. The van der Waals surface area contributed by atoms with E-state index in [2.05, 4.69) is 5.32 Å². The van der Waals surface area contributed by atoms with Gasteiger partial charge in [-0.2, -0.15) is 0 Å². The van der Waals surface area contributed by atoms with Gasteiger partial charge in [-0.05, 0) is 31.2 Å². The van der Waals surface area contributed by atoms with Crippen LogP contribution in [0, 0.1) is 12.7 Å². The highest BCUT2D eigenvalue weighted by molar-refractivity contribution is 6.30. The number of methoxy groups -OCH3 is 1. The lowest BCUT2D eigenvalue weighted by Crippen LogP contribution is -2.09. The van der Waals surface area contributed by atoms with Gasteiger partial charge in [-0.25, -0.2) is 9.18 Å². The second-order valence-electron chi connectivity index (χ2n) is 4.63. The van der Waals surface area contributed by atoms with E-state index in [-0.39, 0.29) is 12.4 Å². The molecule has 0 saturated carbocycles. The fourth-order valence-corrected chi connectivity index (χ4v) is 2.11. The molecule has 0 amide bonds. The summed E-state index contributed by atoms with van der Waals surface area (Å²) < 4.78 is 18.5. The second kappa shape index (κ2) is 6.59. The molecule has 0 spiro atoms. The van der Waals surface area contributed by atoms with E-state index in [4.69, 9.17) is 16.3 Å². The van der Waals surface area contributed by atoms with Crippen molar-refractivity contribution in [1.82, 2.24) is 0 Å². The summed E-state index contributed by atoms with van der Waals surface area (Å²) in [6.07, 6.45) is 0. The Bertz CT molecular complexity index is 673. The standard InChI is InChI=1S/C16H15ClFNO2/c1-10-3-6-15(13(7-10)16(20)21-2)19-9-11-4-5-12(17)8-14(11)18/h3-8,19H,9H2,1-2H3. The van der Waals surface area contributed by atoms with Crippen LogP contribution in [0.5, 0.6) is 0 Å². The van der Waals surface area contributed by atoms with Crippen LogP contribution in [-0.2, 0) is 11.3 Å². The number of hydrogen-bond acceptors (Lipinski definition) is 3. The minimum atomic E-state index is -0.433. The maximum atomic E-state index is 13.7. The molecule has 2 aromatic rings. The van der Waals surface area contributed by atoms with Crippen molar-refractivity contribution in [2.45, 2.75) is 13.5 Å². The Morgan fingerprint density at radius 1 is 1.29 bits per heavy atom. The van der Waals surface area contributed by atoms with Crippen molar-refractivity contribution in [2.24, 2.45) is 0 Å². The first-order valence-corrected chi connectivity index (χ1v) is 6.76. The highest BCUT2D eigenvalue weighted by atomic mass is 35.5. The number of nitrogens with one attached hydrogen (secondary N) is 1. The monoisotopic (exact) mass is 307 g/mol. The molecular weight excluding hydrogens is 293 g/mol. The number of rotatable bonds is 4. The van der Waals surface area contributed by atoms with Crippen LogP contribution >= 0.6 is 11.6 Å². The lowest BCUT2D eigenvalue weighted by Gasteiger charge is -2.12. The lowest BCUT2D eigenvalue weighted by atomic mass is 10.1. The van der Waals surface area contributed by atoms with E-state index >= 15 is 0 Å². The average Bonchev–Trinajstić information content (AvgIpc) is 2.46. The van der Waals surface area contributed by atoms with E-state index in [1.807, 2.05) is 13.0 Å². The maximum absolute atomic E-state index is 13.7. The summed E-state index contributed by atoms with van der Waals surface area (Å²) in [5.41, 5.74) is 2.43. The van der Waals surface area contributed by atoms with Crippen LogP contribution in [0.2, 0.25) is 5.02 Å². The molecular formula is C16H15ClFNO2. The van der Waals surface area contributed by atoms with Gasteiger partial charge in [0.05, 0.1) is 12.7 Å². The molecule has 110 valence electrons. The number of esters is 1. The van der Waals surface area contributed by atoms with Crippen LogP contribution in [0.1, 0.15) is 21.5 Å². The quantitative estimate of drug-likeness (QED) is 0.861. The minimum absolute atomic E-state index is 0.246. The first-order chi connectivity index (χ1) is 10.0. The van der Waals surface area contributed by atoms with Crippen LogP contribution in [-0.4, -0.2) is 13.1 Å². The van der Waals surface area contributed by atoms with Crippen molar-refractivity contribution in [2.75, 3.05) is 12.4 Å². The van der Waals surface area contributed by atoms with Gasteiger partial charge in [-0.1, -0.05) is 29.3 Å². The third-order valence-electron chi connectivity index (χ3n) is 3.06. The SMILES string of the molecule is COC(=O)c1cc(C)ccc1NCc1ccc(Cl)cc1F. The summed E-state index contributed by atoms with van der Waals surface area (Å²) in [6, 6.07) is 9.86. The van der Waals surface area contributed by atoms with Gasteiger partial charge in [0.25, 0.3) is 0 Å². The zero-order valence-electron chi connectivity index (χ0n) is 11.7. The highest BCUT2D eigenvalue weighted by Crippen LogP contribution is 2.21. The summed E-state index contributed by atoms with van der Waals surface area (Å²) in [6.45, 7) is 2.13. The van der Waals surface area contributed by atoms with Gasteiger partial charge in [-0.3, -0.25) is 0 Å². The number of ether oxygens (including phenoxy) is 1. The van der Waals surface area contributed by atoms with Gasteiger partial charge in [0, 0.05) is 22.8 Å². The van der Waals surface area contributed by atoms with E-state index in [1.54, 1.807) is 24.3 Å². The van der Waals surface area contributed by atoms with E-state index < -0.39 is 5.97 Å². The van der Waals surface area contributed by atoms with Gasteiger partial charge in [0.2, 0.25) is 0 Å². The fraction of sp³-hybridized carbons (Fsp3) is 0.188. The normalized spacial score (nSPS) is 10.3. The van der Waals surface area contributed by atoms with Crippen molar-refractivity contribution >= 4 is 23.3 Å². The first-order valence-electron chi connectivity index (χ1n) is 6.38. The molecule has 0 aliphatic heterocycles. The number of hydrogen-bond donors (Lipinski definition) is 1. The van der Waals surface area contributed by atoms with Gasteiger partial charge >= 0.3 is 5.97 Å². The van der Waals surface area contributed by atoms with E-state index in [0.717, 1.165) is 5.56 Å². The zero-order valence-corrected chi connectivity index (χ0v) is 12.5. The maximum Gasteiger partial charge on any atom is 0.339 e. The molecule has 0 atom stereocenters. The molecule has 2 aromatic carbocycles. The topological polar surface area (TPSA) is 38.3 Å². The molecule has 0 aliphatic rings. The Balaban J connectivity index is 2.21. The molecule has 0 saturated heterocycles. The van der Waals surface area contributed by atoms with Crippen LogP contribution in [0.4, 0.5) is 10.1 Å². The van der Waals surface area contributed by atoms with Crippen molar-refractivity contribution in [3.63, 3.8) is 0 Å². The Morgan fingerprint density at radius 2 is 2.05 bits per heavy atom. The number of anilines is 1. The van der Waals surface area contributed by atoms with Crippen molar-refractivity contribution in [3.8, 4) is 0 Å². The highest BCUT2D eigenvalue weighted by Gasteiger charge is 2.12. The Labute approximate surface area is 127 Å². The van der Waals surface area contributed by atoms with E-state index in [1.165, 1.54) is 13.2 Å². The first kappa shape index (κ1) is 15.3. The van der Waals surface area contributed by atoms with Gasteiger partial charge in [0.15, 0.2) is 0 Å². The van der Waals surface area contributed by atoms with Crippen LogP contribution in [0.25, 0.3) is 0 Å². The molecule has 3 nitrogen and oxygen atoms in total. The molecule has 0 fully saturated rings. The predicted molar refractivity (Wildman–Crippen MR) is 81.3 cm³/mol. The minimum Gasteiger partial charge on any atom is -0.465 e. The fourth-order valence-electron chi connectivity index (χ4n) is 1.95. The van der Waals surface area contributed by atoms with Gasteiger partial charge in [-0.15, -0.1) is 0 Å². The number of carbonyl (C=O) groups is 1. The number of benzene rings is 2. The molecule has 1 N–H and O–H groups in total. The molecule has 0 aliphatic carbocycles. The van der Waals surface area contributed by atoms with E-state index in [9.17, 15) is 9.18 Å². The summed E-state index contributed by atoms with van der Waals surface area (Å²) in [5.74, 6) is -0.820. The van der Waals surface area contributed by atoms with Crippen LogP contribution in [0.3, 0.4) is 0 Å². The number of carbonyl (C=O) groups excluding carboxylic acids is 1. The molecule has 0 aromatic heterocycles. The number of halogens is 2. The third kappa shape index (κ3) is 3.73. The summed E-state index contributed by atoms with van der Waals surface area (Å²) in [7, 11) is 1.33. The molecule has 2 rings (SSSR count). The summed E-state index contributed by atoms with van der Waals surface area (Å²) in [4.78, 5) is 11.8. The molecule has 5 heteroatoms. The van der Waals surface area contributed by atoms with Crippen LogP contribution in [0.15, 0.2) is 36.4 Å². The average molecular weight is 308 g/mol. The smallest absolute Gasteiger partial charge is 0.339 e. The number of aryl methyl sites for hydroxylation is 1. The Hall–Kier alpha value is -2.07. The molecule has 21 heavy (non-hydrogen) atoms. The Morgan fingerprint density at radius 3 is 2.71 bits per heavy atom.